The lowest BCUT2D eigenvalue weighted by Crippen LogP contribution is -2.81. The minimum atomic E-state index is 0.373. The van der Waals surface area contributed by atoms with E-state index in [9.17, 15) is 0 Å². The van der Waals surface area contributed by atoms with Crippen molar-refractivity contribution in [1.29, 1.82) is 5.26 Å². The summed E-state index contributed by atoms with van der Waals surface area (Å²) in [6, 6.07) is 6.05. The van der Waals surface area contributed by atoms with E-state index in [0.717, 1.165) is 35.9 Å². The standard InChI is InChI=1S/C17H22N8S/c1-10-5-14(23-22-10)20-15-21-16(26-24-15)19-11-6-12-8-17(3-2-4-18)9-13(7-11)25(12)17/h5,11-13H,2-3,6-9H2,1H3,(H3,19,20,21,22,23,24). The van der Waals surface area contributed by atoms with Crippen molar-refractivity contribution in [3.05, 3.63) is 11.8 Å². The second-order valence-electron chi connectivity index (χ2n) is 7.80. The highest BCUT2D eigenvalue weighted by atomic mass is 32.1. The first-order chi connectivity index (χ1) is 12.6. The number of anilines is 3. The van der Waals surface area contributed by atoms with E-state index in [4.69, 9.17) is 5.26 Å². The third kappa shape index (κ3) is 2.56. The van der Waals surface area contributed by atoms with Crippen LogP contribution in [0.25, 0.3) is 0 Å². The maximum atomic E-state index is 8.86. The molecule has 0 radical (unpaired) electrons. The van der Waals surface area contributed by atoms with Gasteiger partial charge in [-0.15, -0.1) is 0 Å². The number of nitrogens with zero attached hydrogens (tertiary/aromatic N) is 5. The molecule has 0 aromatic carbocycles. The Hall–Kier alpha value is -2.18. The van der Waals surface area contributed by atoms with Gasteiger partial charge in [0.2, 0.25) is 11.1 Å². The first-order valence-electron chi connectivity index (χ1n) is 9.20. The number of nitrogens with one attached hydrogen (secondary N) is 3. The number of hydrogen-bond donors (Lipinski definition) is 3. The van der Waals surface area contributed by atoms with Crippen molar-refractivity contribution in [1.82, 2.24) is 24.5 Å². The average Bonchev–Trinajstić information content (AvgIpc) is 3.18. The molecule has 2 atom stereocenters. The molecular weight excluding hydrogens is 348 g/mol. The zero-order valence-electron chi connectivity index (χ0n) is 14.7. The molecule has 5 heterocycles. The summed E-state index contributed by atoms with van der Waals surface area (Å²) in [4.78, 5) is 7.23. The summed E-state index contributed by atoms with van der Waals surface area (Å²) in [7, 11) is 0. The Labute approximate surface area is 156 Å². The van der Waals surface area contributed by atoms with Gasteiger partial charge in [-0.25, -0.2) is 0 Å². The average molecular weight is 370 g/mol. The van der Waals surface area contributed by atoms with Crippen LogP contribution in [-0.4, -0.2) is 48.1 Å². The predicted octanol–water partition coefficient (Wildman–Crippen LogP) is 2.78. The molecule has 0 aliphatic carbocycles. The van der Waals surface area contributed by atoms with Crippen LogP contribution in [0.3, 0.4) is 0 Å². The van der Waals surface area contributed by atoms with Crippen LogP contribution >= 0.6 is 11.5 Å². The van der Waals surface area contributed by atoms with Crippen molar-refractivity contribution in [2.24, 2.45) is 0 Å². The minimum Gasteiger partial charge on any atom is -0.357 e. The molecule has 3 N–H and O–H groups in total. The van der Waals surface area contributed by atoms with Gasteiger partial charge in [-0.1, -0.05) is 0 Å². The molecule has 0 bridgehead atoms. The molecule has 5 rings (SSSR count). The van der Waals surface area contributed by atoms with Gasteiger partial charge in [0.15, 0.2) is 5.82 Å². The molecule has 2 aromatic heterocycles. The van der Waals surface area contributed by atoms with Crippen molar-refractivity contribution >= 4 is 28.4 Å². The molecule has 0 saturated carbocycles. The van der Waals surface area contributed by atoms with Crippen LogP contribution in [0.5, 0.6) is 0 Å². The highest BCUT2D eigenvalue weighted by Crippen LogP contribution is 2.58. The monoisotopic (exact) mass is 370 g/mol. The highest BCUT2D eigenvalue weighted by Gasteiger charge is 2.64. The van der Waals surface area contributed by atoms with E-state index in [0.29, 0.717) is 36.0 Å². The zero-order valence-corrected chi connectivity index (χ0v) is 15.5. The van der Waals surface area contributed by atoms with E-state index in [-0.39, 0.29) is 0 Å². The van der Waals surface area contributed by atoms with Crippen LogP contribution in [0.4, 0.5) is 16.9 Å². The molecule has 3 aliphatic heterocycles. The molecule has 2 unspecified atom stereocenters. The van der Waals surface area contributed by atoms with Crippen molar-refractivity contribution in [2.45, 2.75) is 69.1 Å². The van der Waals surface area contributed by atoms with E-state index < -0.39 is 0 Å². The van der Waals surface area contributed by atoms with Crippen molar-refractivity contribution in [3.8, 4) is 6.07 Å². The van der Waals surface area contributed by atoms with E-state index in [2.05, 4.69) is 41.2 Å². The number of nitriles is 1. The molecule has 0 spiro atoms. The SMILES string of the molecule is Cc1cc(Nc2nsc(NC3CC4CC5(CCC#N)CC(C3)N45)n2)n[nH]1. The van der Waals surface area contributed by atoms with Gasteiger partial charge in [0, 0.05) is 53.4 Å². The number of H-pyrrole nitrogens is 1. The summed E-state index contributed by atoms with van der Waals surface area (Å²) in [5, 5.41) is 23.5. The number of aromatic nitrogens is 4. The van der Waals surface area contributed by atoms with Crippen molar-refractivity contribution in [3.63, 3.8) is 0 Å². The Morgan fingerprint density at radius 3 is 2.92 bits per heavy atom. The summed E-state index contributed by atoms with van der Waals surface area (Å²) < 4.78 is 4.37. The van der Waals surface area contributed by atoms with Gasteiger partial charge < -0.3 is 10.6 Å². The Morgan fingerprint density at radius 2 is 2.23 bits per heavy atom. The van der Waals surface area contributed by atoms with Crippen LogP contribution < -0.4 is 10.6 Å². The second kappa shape index (κ2) is 5.93. The maximum absolute atomic E-state index is 8.86. The highest BCUT2D eigenvalue weighted by molar-refractivity contribution is 7.09. The maximum Gasteiger partial charge on any atom is 0.242 e. The Balaban J connectivity index is 1.17. The summed E-state index contributed by atoms with van der Waals surface area (Å²) in [5.74, 6) is 1.32. The number of rotatable bonds is 6. The van der Waals surface area contributed by atoms with E-state index in [1.165, 1.54) is 24.4 Å². The van der Waals surface area contributed by atoms with Crippen molar-refractivity contribution in [2.75, 3.05) is 10.6 Å². The van der Waals surface area contributed by atoms with Crippen LogP contribution in [0, 0.1) is 18.3 Å². The first-order valence-corrected chi connectivity index (χ1v) is 9.97. The van der Waals surface area contributed by atoms with Gasteiger partial charge in [0.25, 0.3) is 0 Å². The fraction of sp³-hybridized carbons (Fsp3) is 0.647. The van der Waals surface area contributed by atoms with Crippen LogP contribution in [0.1, 0.15) is 44.2 Å². The summed E-state index contributed by atoms with van der Waals surface area (Å²) in [6.45, 7) is 1.96. The van der Waals surface area contributed by atoms with Crippen LogP contribution in [0.15, 0.2) is 6.07 Å². The van der Waals surface area contributed by atoms with Gasteiger partial charge in [-0.2, -0.15) is 19.7 Å². The second-order valence-corrected chi connectivity index (χ2v) is 8.55. The van der Waals surface area contributed by atoms with Crippen LogP contribution in [0.2, 0.25) is 0 Å². The molecule has 0 amide bonds. The minimum absolute atomic E-state index is 0.373. The molecule has 3 saturated heterocycles. The molecule has 136 valence electrons. The third-order valence-electron chi connectivity index (χ3n) is 6.08. The summed E-state index contributed by atoms with van der Waals surface area (Å²) in [6.07, 6.45) is 6.56. The number of hydrogen-bond acceptors (Lipinski definition) is 8. The Kier molecular flexibility index (Phi) is 3.65. The van der Waals surface area contributed by atoms with E-state index in [1.54, 1.807) is 0 Å². The van der Waals surface area contributed by atoms with Gasteiger partial charge in [-0.05, 0) is 39.0 Å². The predicted molar refractivity (Wildman–Crippen MR) is 99.4 cm³/mol. The lowest BCUT2D eigenvalue weighted by atomic mass is 9.57. The number of aromatic amines is 1. The smallest absolute Gasteiger partial charge is 0.242 e. The zero-order chi connectivity index (χ0) is 17.7. The van der Waals surface area contributed by atoms with Crippen molar-refractivity contribution < 1.29 is 0 Å². The van der Waals surface area contributed by atoms with Gasteiger partial charge in [0.05, 0.1) is 6.07 Å². The molecule has 9 heteroatoms. The largest absolute Gasteiger partial charge is 0.357 e. The normalized spacial score (nSPS) is 32.1. The molecule has 26 heavy (non-hydrogen) atoms. The molecular formula is C17H22N8S. The molecule has 3 fully saturated rings. The van der Waals surface area contributed by atoms with E-state index in [1.807, 2.05) is 13.0 Å². The van der Waals surface area contributed by atoms with Gasteiger partial charge in [0.1, 0.15) is 0 Å². The van der Waals surface area contributed by atoms with Gasteiger partial charge >= 0.3 is 0 Å². The Morgan fingerprint density at radius 1 is 1.42 bits per heavy atom. The molecule has 3 aliphatic rings. The number of piperidine rings is 2. The quantitative estimate of drug-likeness (QED) is 0.718. The lowest BCUT2D eigenvalue weighted by molar-refractivity contribution is -0.222. The molecule has 8 nitrogen and oxygen atoms in total. The van der Waals surface area contributed by atoms with Gasteiger partial charge in [-0.3, -0.25) is 10.00 Å². The first kappa shape index (κ1) is 16.0. The fourth-order valence-corrected chi connectivity index (χ4v) is 5.81. The Bertz CT molecular complexity index is 835. The summed E-state index contributed by atoms with van der Waals surface area (Å²) >= 11 is 1.39. The summed E-state index contributed by atoms with van der Waals surface area (Å²) in [5.41, 5.74) is 1.37. The van der Waals surface area contributed by atoms with Crippen LogP contribution in [-0.2, 0) is 0 Å². The lowest BCUT2D eigenvalue weighted by Gasteiger charge is -2.74. The van der Waals surface area contributed by atoms with E-state index >= 15 is 0 Å². The topological polar surface area (TPSA) is 106 Å². The third-order valence-corrected chi connectivity index (χ3v) is 6.73. The molecule has 2 aromatic rings. The number of aryl methyl sites for hydroxylation is 1. The fourth-order valence-electron chi connectivity index (χ4n) is 5.21.